The van der Waals surface area contributed by atoms with E-state index < -0.39 is 6.10 Å². The number of aliphatic hydroxyl groups is 1. The Balaban J connectivity index is 1.68. The maximum absolute atomic E-state index is 11.3. The first-order chi connectivity index (χ1) is 11.5. The molecule has 1 amide bonds. The Morgan fingerprint density at radius 2 is 2.12 bits per heavy atom. The summed E-state index contributed by atoms with van der Waals surface area (Å²) >= 11 is 0. The SMILES string of the molecule is CN(C=O)[C@H]1[C@H](O)C[C@H]2[C@@H]3CCc4cc(O)ccc4[C@H]3CC[C@]12C. The summed E-state index contributed by atoms with van der Waals surface area (Å²) in [5.41, 5.74) is 2.69. The van der Waals surface area contributed by atoms with E-state index in [4.69, 9.17) is 0 Å². The quantitative estimate of drug-likeness (QED) is 0.820. The van der Waals surface area contributed by atoms with Crippen molar-refractivity contribution in [1.82, 2.24) is 4.90 Å². The van der Waals surface area contributed by atoms with Crippen molar-refractivity contribution in [2.45, 2.75) is 57.1 Å². The Bertz CT molecular complexity index is 660. The van der Waals surface area contributed by atoms with Gasteiger partial charge in [-0.1, -0.05) is 13.0 Å². The minimum absolute atomic E-state index is 0.00463. The molecule has 2 fully saturated rings. The largest absolute Gasteiger partial charge is 0.508 e. The molecule has 0 spiro atoms. The number of nitrogens with zero attached hydrogens (tertiary/aromatic N) is 1. The van der Waals surface area contributed by atoms with E-state index in [9.17, 15) is 15.0 Å². The third-order valence-corrected chi connectivity index (χ3v) is 7.29. The van der Waals surface area contributed by atoms with Crippen LogP contribution in [0.1, 0.15) is 49.7 Å². The molecule has 0 unspecified atom stereocenters. The van der Waals surface area contributed by atoms with Crippen LogP contribution in [0, 0.1) is 17.3 Å². The Morgan fingerprint density at radius 1 is 1.33 bits per heavy atom. The van der Waals surface area contributed by atoms with Gasteiger partial charge in [0, 0.05) is 7.05 Å². The number of rotatable bonds is 2. The average Bonchev–Trinajstić information content (AvgIpc) is 2.84. The molecule has 2 saturated carbocycles. The lowest BCUT2D eigenvalue weighted by molar-refractivity contribution is -0.124. The number of amides is 1. The molecule has 0 radical (unpaired) electrons. The van der Waals surface area contributed by atoms with E-state index >= 15 is 0 Å². The maximum Gasteiger partial charge on any atom is 0.209 e. The molecule has 0 aromatic heterocycles. The van der Waals surface area contributed by atoms with Crippen molar-refractivity contribution < 1.29 is 15.0 Å². The molecule has 6 atom stereocenters. The van der Waals surface area contributed by atoms with Gasteiger partial charge in [0.25, 0.3) is 0 Å². The van der Waals surface area contributed by atoms with Gasteiger partial charge in [-0.25, -0.2) is 0 Å². The first-order valence-electron chi connectivity index (χ1n) is 9.13. The van der Waals surface area contributed by atoms with E-state index in [0.29, 0.717) is 23.5 Å². The molecule has 3 aliphatic carbocycles. The van der Waals surface area contributed by atoms with Gasteiger partial charge in [0.1, 0.15) is 5.75 Å². The Kier molecular flexibility index (Phi) is 3.64. The van der Waals surface area contributed by atoms with E-state index in [0.717, 1.165) is 38.5 Å². The van der Waals surface area contributed by atoms with Crippen LogP contribution in [-0.2, 0) is 11.2 Å². The number of phenols is 1. The van der Waals surface area contributed by atoms with Gasteiger partial charge in [0.05, 0.1) is 12.1 Å². The van der Waals surface area contributed by atoms with E-state index in [1.807, 2.05) is 12.1 Å². The molecule has 0 saturated heterocycles. The molecule has 2 N–H and O–H groups in total. The number of fused-ring (bicyclic) bond motifs is 5. The lowest BCUT2D eigenvalue weighted by Crippen LogP contribution is -2.51. The second-order valence-electron chi connectivity index (χ2n) is 8.36. The third kappa shape index (κ3) is 2.12. The first kappa shape index (κ1) is 15.9. The number of hydrogen-bond acceptors (Lipinski definition) is 3. The summed E-state index contributed by atoms with van der Waals surface area (Å²) in [4.78, 5) is 13.0. The molecule has 0 aliphatic heterocycles. The van der Waals surface area contributed by atoms with Crippen LogP contribution in [0.5, 0.6) is 5.75 Å². The molecular formula is C20H27NO3. The lowest BCUT2D eigenvalue weighted by atomic mass is 9.55. The number of aliphatic hydroxyl groups excluding tert-OH is 1. The highest BCUT2D eigenvalue weighted by atomic mass is 16.3. The summed E-state index contributed by atoms with van der Waals surface area (Å²) in [6, 6.07) is 5.76. The number of likely N-dealkylation sites (N-methyl/N-ethyl adjacent to an activating group) is 1. The molecule has 4 nitrogen and oxygen atoms in total. The van der Waals surface area contributed by atoms with Crippen LogP contribution in [-0.4, -0.2) is 40.7 Å². The van der Waals surface area contributed by atoms with Crippen molar-refractivity contribution >= 4 is 6.41 Å². The number of hydrogen-bond donors (Lipinski definition) is 2. The van der Waals surface area contributed by atoms with Crippen molar-refractivity contribution in [2.24, 2.45) is 17.3 Å². The van der Waals surface area contributed by atoms with Crippen molar-refractivity contribution in [2.75, 3.05) is 7.05 Å². The van der Waals surface area contributed by atoms with Crippen LogP contribution in [0.15, 0.2) is 18.2 Å². The number of aryl methyl sites for hydroxylation is 1. The standard InChI is InChI=1S/C20H27NO3/c1-20-8-7-15-14-6-4-13(23)9-12(14)3-5-16(15)17(20)10-18(24)19(20)21(2)11-22/h4,6,9,11,15-19,23-24H,3,5,7-8,10H2,1-2H3/t15-,16-,17+,18-,19+,20+/m1/s1. The van der Waals surface area contributed by atoms with Crippen LogP contribution in [0.3, 0.4) is 0 Å². The van der Waals surface area contributed by atoms with Crippen LogP contribution < -0.4 is 0 Å². The van der Waals surface area contributed by atoms with Crippen molar-refractivity contribution in [3.8, 4) is 5.75 Å². The highest BCUT2D eigenvalue weighted by Gasteiger charge is 2.59. The number of phenolic OH excluding ortho intramolecular Hbond substituents is 1. The van der Waals surface area contributed by atoms with Gasteiger partial charge >= 0.3 is 0 Å². The van der Waals surface area contributed by atoms with E-state index in [1.54, 1.807) is 11.9 Å². The van der Waals surface area contributed by atoms with Crippen molar-refractivity contribution in [3.05, 3.63) is 29.3 Å². The normalized spacial score (nSPS) is 40.4. The molecule has 130 valence electrons. The van der Waals surface area contributed by atoms with Crippen LogP contribution >= 0.6 is 0 Å². The monoisotopic (exact) mass is 329 g/mol. The highest BCUT2D eigenvalue weighted by Crippen LogP contribution is 2.61. The van der Waals surface area contributed by atoms with E-state index in [-0.39, 0.29) is 11.5 Å². The number of aromatic hydroxyl groups is 1. The zero-order valence-electron chi connectivity index (χ0n) is 14.5. The predicted octanol–water partition coefficient (Wildman–Crippen LogP) is 2.68. The fraction of sp³-hybridized carbons (Fsp3) is 0.650. The topological polar surface area (TPSA) is 60.8 Å². The van der Waals surface area contributed by atoms with Crippen LogP contribution in [0.4, 0.5) is 0 Å². The number of carbonyl (C=O) groups is 1. The Labute approximate surface area is 143 Å². The molecule has 0 heterocycles. The van der Waals surface area contributed by atoms with Gasteiger partial charge < -0.3 is 15.1 Å². The Hall–Kier alpha value is -1.55. The summed E-state index contributed by atoms with van der Waals surface area (Å²) in [7, 11) is 1.81. The molecule has 4 rings (SSSR count). The van der Waals surface area contributed by atoms with Crippen LogP contribution in [0.2, 0.25) is 0 Å². The zero-order valence-corrected chi connectivity index (χ0v) is 14.5. The maximum atomic E-state index is 11.3. The first-order valence-corrected chi connectivity index (χ1v) is 9.13. The van der Waals surface area contributed by atoms with E-state index in [1.165, 1.54) is 11.1 Å². The summed E-state index contributed by atoms with van der Waals surface area (Å²) in [5, 5.41) is 20.4. The Morgan fingerprint density at radius 3 is 2.88 bits per heavy atom. The fourth-order valence-electron chi connectivity index (χ4n) is 6.36. The molecule has 0 bridgehead atoms. The molecular weight excluding hydrogens is 302 g/mol. The highest BCUT2D eigenvalue weighted by molar-refractivity contribution is 5.48. The van der Waals surface area contributed by atoms with Gasteiger partial charge in [0.15, 0.2) is 0 Å². The average molecular weight is 329 g/mol. The van der Waals surface area contributed by atoms with E-state index in [2.05, 4.69) is 13.0 Å². The predicted molar refractivity (Wildman–Crippen MR) is 91.7 cm³/mol. The summed E-state index contributed by atoms with van der Waals surface area (Å²) in [5.74, 6) is 1.91. The minimum Gasteiger partial charge on any atom is -0.508 e. The molecule has 24 heavy (non-hydrogen) atoms. The number of carbonyl (C=O) groups excluding carboxylic acids is 1. The van der Waals surface area contributed by atoms with Gasteiger partial charge in [-0.2, -0.15) is 0 Å². The molecule has 4 heteroatoms. The third-order valence-electron chi connectivity index (χ3n) is 7.29. The molecule has 1 aromatic carbocycles. The van der Waals surface area contributed by atoms with Crippen molar-refractivity contribution in [3.63, 3.8) is 0 Å². The second-order valence-corrected chi connectivity index (χ2v) is 8.36. The fourth-order valence-corrected chi connectivity index (χ4v) is 6.36. The molecule has 3 aliphatic rings. The zero-order chi connectivity index (χ0) is 17.1. The summed E-state index contributed by atoms with van der Waals surface area (Å²) < 4.78 is 0. The van der Waals surface area contributed by atoms with Gasteiger partial charge in [-0.05, 0) is 78.5 Å². The second kappa shape index (κ2) is 5.48. The minimum atomic E-state index is -0.421. The van der Waals surface area contributed by atoms with Crippen LogP contribution in [0.25, 0.3) is 0 Å². The summed E-state index contributed by atoms with van der Waals surface area (Å²) in [6.07, 6.45) is 5.51. The summed E-state index contributed by atoms with van der Waals surface area (Å²) in [6.45, 7) is 2.28. The van der Waals surface area contributed by atoms with Gasteiger partial charge in [-0.15, -0.1) is 0 Å². The lowest BCUT2D eigenvalue weighted by Gasteiger charge is -2.51. The van der Waals surface area contributed by atoms with Gasteiger partial charge in [-0.3, -0.25) is 4.79 Å². The van der Waals surface area contributed by atoms with Gasteiger partial charge in [0.2, 0.25) is 6.41 Å². The smallest absolute Gasteiger partial charge is 0.209 e. The number of benzene rings is 1. The van der Waals surface area contributed by atoms with Crippen molar-refractivity contribution in [1.29, 1.82) is 0 Å². The molecule has 1 aromatic rings.